The minimum absolute atomic E-state index is 0.00745. The van der Waals surface area contributed by atoms with Crippen LogP contribution in [-0.2, 0) is 9.59 Å². The van der Waals surface area contributed by atoms with Gasteiger partial charge in [0.1, 0.15) is 0 Å². The van der Waals surface area contributed by atoms with Gasteiger partial charge in [-0.05, 0) is 34.1 Å². The monoisotopic (exact) mass is 243 g/mol. The fraction of sp³-hybridized carbons (Fsp3) is 0.833. The Bertz CT molecular complexity index is 257. The fourth-order valence-corrected chi connectivity index (χ4v) is 1.22. The molecule has 0 aromatic rings. The van der Waals surface area contributed by atoms with Gasteiger partial charge < -0.3 is 16.4 Å². The lowest BCUT2D eigenvalue weighted by Gasteiger charge is -2.18. The highest BCUT2D eigenvalue weighted by Gasteiger charge is 2.12. The Morgan fingerprint density at radius 2 is 1.71 bits per heavy atom. The van der Waals surface area contributed by atoms with Crippen LogP contribution in [0.25, 0.3) is 0 Å². The predicted molar refractivity (Wildman–Crippen MR) is 68.4 cm³/mol. The van der Waals surface area contributed by atoms with Crippen LogP contribution in [0.4, 0.5) is 0 Å². The summed E-state index contributed by atoms with van der Waals surface area (Å²) in [5.74, 6) is -0.0622. The average Bonchev–Trinajstić information content (AvgIpc) is 2.12. The molecule has 0 rings (SSSR count). The zero-order valence-electron chi connectivity index (χ0n) is 11.3. The molecule has 0 aromatic carbocycles. The van der Waals surface area contributed by atoms with Crippen LogP contribution >= 0.6 is 0 Å². The molecule has 0 aromatic heterocycles. The van der Waals surface area contributed by atoms with E-state index in [9.17, 15) is 9.59 Å². The summed E-state index contributed by atoms with van der Waals surface area (Å²) in [5, 5.41) is 5.52. The smallest absolute Gasteiger partial charge is 0.220 e. The second kappa shape index (κ2) is 7.27. The number of amides is 2. The molecule has 5 nitrogen and oxygen atoms in total. The summed E-state index contributed by atoms with van der Waals surface area (Å²) in [4.78, 5) is 22.7. The van der Waals surface area contributed by atoms with Crippen molar-refractivity contribution in [2.45, 2.75) is 58.5 Å². The van der Waals surface area contributed by atoms with Crippen molar-refractivity contribution in [1.29, 1.82) is 0 Å². The normalized spacial score (nSPS) is 11.4. The van der Waals surface area contributed by atoms with Gasteiger partial charge in [0.15, 0.2) is 0 Å². The van der Waals surface area contributed by atoms with Crippen molar-refractivity contribution in [1.82, 2.24) is 10.6 Å². The molecule has 100 valence electrons. The molecule has 2 amide bonds. The zero-order chi connectivity index (χ0) is 13.5. The fourth-order valence-electron chi connectivity index (χ4n) is 1.22. The summed E-state index contributed by atoms with van der Waals surface area (Å²) < 4.78 is 0. The molecule has 0 radical (unpaired) electrons. The first-order valence-corrected chi connectivity index (χ1v) is 6.05. The SMILES string of the molecule is CC(C)NC(=O)CCCC(=O)NCC(C)(C)N. The Labute approximate surface area is 104 Å². The van der Waals surface area contributed by atoms with E-state index in [1.54, 1.807) is 0 Å². The highest BCUT2D eigenvalue weighted by molar-refractivity contribution is 5.78. The molecule has 17 heavy (non-hydrogen) atoms. The van der Waals surface area contributed by atoms with E-state index < -0.39 is 5.54 Å². The van der Waals surface area contributed by atoms with Gasteiger partial charge >= 0.3 is 0 Å². The number of nitrogens with two attached hydrogens (primary N) is 1. The van der Waals surface area contributed by atoms with Gasteiger partial charge in [0.25, 0.3) is 0 Å². The maximum Gasteiger partial charge on any atom is 0.220 e. The van der Waals surface area contributed by atoms with Crippen molar-refractivity contribution in [3.8, 4) is 0 Å². The molecule has 0 fully saturated rings. The maximum atomic E-state index is 11.4. The Morgan fingerprint density at radius 3 is 2.18 bits per heavy atom. The van der Waals surface area contributed by atoms with Crippen LogP contribution in [0.1, 0.15) is 47.0 Å². The molecule has 0 unspecified atom stereocenters. The second-order valence-electron chi connectivity index (χ2n) is 5.34. The van der Waals surface area contributed by atoms with Crippen LogP contribution in [0.15, 0.2) is 0 Å². The molecule has 4 N–H and O–H groups in total. The van der Waals surface area contributed by atoms with E-state index in [-0.39, 0.29) is 17.9 Å². The van der Waals surface area contributed by atoms with Crippen molar-refractivity contribution in [2.75, 3.05) is 6.54 Å². The molecular formula is C12H25N3O2. The van der Waals surface area contributed by atoms with Crippen molar-refractivity contribution in [2.24, 2.45) is 5.73 Å². The Kier molecular flexibility index (Phi) is 6.80. The van der Waals surface area contributed by atoms with E-state index in [0.29, 0.717) is 25.8 Å². The molecule has 0 spiro atoms. The van der Waals surface area contributed by atoms with Gasteiger partial charge in [-0.1, -0.05) is 0 Å². The number of carbonyl (C=O) groups is 2. The van der Waals surface area contributed by atoms with Crippen molar-refractivity contribution >= 4 is 11.8 Å². The van der Waals surface area contributed by atoms with Gasteiger partial charge in [0.2, 0.25) is 11.8 Å². The quantitative estimate of drug-likeness (QED) is 0.610. The lowest BCUT2D eigenvalue weighted by atomic mass is 10.1. The van der Waals surface area contributed by atoms with Gasteiger partial charge in [0.05, 0.1) is 0 Å². The van der Waals surface area contributed by atoms with E-state index in [1.807, 2.05) is 27.7 Å². The molecule has 0 aliphatic rings. The van der Waals surface area contributed by atoms with Crippen LogP contribution in [0.2, 0.25) is 0 Å². The summed E-state index contributed by atoms with van der Waals surface area (Å²) in [5.41, 5.74) is 5.34. The van der Waals surface area contributed by atoms with E-state index in [0.717, 1.165) is 0 Å². The molecule has 0 aliphatic carbocycles. The molecule has 5 heteroatoms. The third-order valence-electron chi connectivity index (χ3n) is 2.00. The maximum absolute atomic E-state index is 11.4. The summed E-state index contributed by atoms with van der Waals surface area (Å²) in [6.07, 6.45) is 1.31. The highest BCUT2D eigenvalue weighted by Crippen LogP contribution is 1.98. The molecule has 0 aliphatic heterocycles. The summed E-state index contributed by atoms with van der Waals surface area (Å²) in [6.45, 7) is 7.97. The molecule has 0 heterocycles. The Hall–Kier alpha value is -1.10. The van der Waals surface area contributed by atoms with E-state index in [2.05, 4.69) is 10.6 Å². The average molecular weight is 243 g/mol. The van der Waals surface area contributed by atoms with Crippen LogP contribution in [0.3, 0.4) is 0 Å². The molecular weight excluding hydrogens is 218 g/mol. The van der Waals surface area contributed by atoms with Crippen molar-refractivity contribution < 1.29 is 9.59 Å². The van der Waals surface area contributed by atoms with Crippen LogP contribution in [0, 0.1) is 0 Å². The van der Waals surface area contributed by atoms with Crippen LogP contribution < -0.4 is 16.4 Å². The number of rotatable bonds is 7. The van der Waals surface area contributed by atoms with E-state index in [4.69, 9.17) is 5.73 Å². The van der Waals surface area contributed by atoms with E-state index >= 15 is 0 Å². The summed E-state index contributed by atoms with van der Waals surface area (Å²) in [7, 11) is 0. The molecule has 0 bridgehead atoms. The third kappa shape index (κ3) is 11.2. The lowest BCUT2D eigenvalue weighted by Crippen LogP contribution is -2.45. The standard InChI is InChI=1S/C12H25N3O2/c1-9(2)15-11(17)7-5-6-10(16)14-8-12(3,4)13/h9H,5-8,13H2,1-4H3,(H,14,16)(H,15,17). The Morgan fingerprint density at radius 1 is 1.18 bits per heavy atom. The van der Waals surface area contributed by atoms with Gasteiger partial charge in [-0.25, -0.2) is 0 Å². The minimum atomic E-state index is -0.398. The lowest BCUT2D eigenvalue weighted by molar-refractivity contribution is -0.122. The highest BCUT2D eigenvalue weighted by atomic mass is 16.2. The zero-order valence-corrected chi connectivity index (χ0v) is 11.3. The van der Waals surface area contributed by atoms with Crippen LogP contribution in [0.5, 0.6) is 0 Å². The molecule has 0 saturated heterocycles. The topological polar surface area (TPSA) is 84.2 Å². The number of carbonyl (C=O) groups excluding carboxylic acids is 2. The predicted octanol–water partition coefficient (Wildman–Crippen LogP) is 0.535. The summed E-state index contributed by atoms with van der Waals surface area (Å²) in [6, 6.07) is 0.148. The first kappa shape index (κ1) is 15.9. The number of hydrogen-bond donors (Lipinski definition) is 3. The van der Waals surface area contributed by atoms with Crippen molar-refractivity contribution in [3.63, 3.8) is 0 Å². The first-order valence-electron chi connectivity index (χ1n) is 6.05. The van der Waals surface area contributed by atoms with Gasteiger partial charge in [-0.3, -0.25) is 9.59 Å². The molecule has 0 saturated carbocycles. The second-order valence-corrected chi connectivity index (χ2v) is 5.34. The van der Waals surface area contributed by atoms with Crippen molar-refractivity contribution in [3.05, 3.63) is 0 Å². The Balaban J connectivity index is 3.61. The van der Waals surface area contributed by atoms with E-state index in [1.165, 1.54) is 0 Å². The van der Waals surface area contributed by atoms with Gasteiger partial charge in [-0.15, -0.1) is 0 Å². The summed E-state index contributed by atoms with van der Waals surface area (Å²) >= 11 is 0. The minimum Gasteiger partial charge on any atom is -0.354 e. The van der Waals surface area contributed by atoms with Gasteiger partial charge in [-0.2, -0.15) is 0 Å². The first-order chi connectivity index (χ1) is 7.70. The molecule has 0 atom stereocenters. The largest absolute Gasteiger partial charge is 0.354 e. The van der Waals surface area contributed by atoms with Crippen LogP contribution in [-0.4, -0.2) is 29.9 Å². The number of nitrogens with one attached hydrogen (secondary N) is 2. The number of hydrogen-bond acceptors (Lipinski definition) is 3. The third-order valence-corrected chi connectivity index (χ3v) is 2.00. The van der Waals surface area contributed by atoms with Gasteiger partial charge in [0, 0.05) is 31.0 Å².